The number of nitrogens with two attached hydrogens (primary N) is 1. The summed E-state index contributed by atoms with van der Waals surface area (Å²) in [5.41, 5.74) is 6.76. The van der Waals surface area contributed by atoms with Crippen molar-refractivity contribution >= 4 is 17.2 Å². The number of rotatable bonds is 3. The standard InChI is InChI=1S/C12H12FN3O/c1-17-11-5-8(13)4-10(7-11)16-12-6-9(14)2-3-15-12/h2-7H,1H3,(H3,14,15,16). The Morgan fingerprint density at radius 1 is 1.29 bits per heavy atom. The zero-order valence-electron chi connectivity index (χ0n) is 9.27. The molecule has 2 rings (SSSR count). The summed E-state index contributed by atoms with van der Waals surface area (Å²) in [5.74, 6) is 0.616. The maximum atomic E-state index is 13.2. The Bertz CT molecular complexity index is 531. The van der Waals surface area contributed by atoms with Gasteiger partial charge in [0.2, 0.25) is 0 Å². The largest absolute Gasteiger partial charge is 0.497 e. The van der Waals surface area contributed by atoms with E-state index in [4.69, 9.17) is 10.5 Å². The van der Waals surface area contributed by atoms with Crippen LogP contribution in [-0.4, -0.2) is 12.1 Å². The van der Waals surface area contributed by atoms with Gasteiger partial charge in [0, 0.05) is 35.8 Å². The number of nitrogen functional groups attached to an aromatic ring is 1. The van der Waals surface area contributed by atoms with Gasteiger partial charge in [-0.3, -0.25) is 0 Å². The summed E-state index contributed by atoms with van der Waals surface area (Å²) in [7, 11) is 1.48. The molecule has 0 aliphatic rings. The van der Waals surface area contributed by atoms with Gasteiger partial charge < -0.3 is 15.8 Å². The van der Waals surface area contributed by atoms with Crippen molar-refractivity contribution in [3.05, 3.63) is 42.3 Å². The summed E-state index contributed by atoms with van der Waals surface area (Å²) in [6.45, 7) is 0. The van der Waals surface area contributed by atoms with Gasteiger partial charge in [0.1, 0.15) is 17.4 Å². The molecule has 0 aliphatic carbocycles. The third kappa shape index (κ3) is 2.84. The second-order valence-corrected chi connectivity index (χ2v) is 3.48. The highest BCUT2D eigenvalue weighted by molar-refractivity contribution is 5.61. The lowest BCUT2D eigenvalue weighted by Crippen LogP contribution is -1.96. The molecule has 2 aromatic rings. The number of benzene rings is 1. The number of hydrogen-bond acceptors (Lipinski definition) is 4. The quantitative estimate of drug-likeness (QED) is 0.855. The van der Waals surface area contributed by atoms with Crippen molar-refractivity contribution in [3.63, 3.8) is 0 Å². The predicted molar refractivity (Wildman–Crippen MR) is 64.9 cm³/mol. The number of anilines is 3. The van der Waals surface area contributed by atoms with Gasteiger partial charge in [0.25, 0.3) is 0 Å². The lowest BCUT2D eigenvalue weighted by Gasteiger charge is -2.08. The molecule has 3 N–H and O–H groups in total. The molecule has 0 spiro atoms. The fourth-order valence-corrected chi connectivity index (χ4v) is 1.42. The van der Waals surface area contributed by atoms with Crippen molar-refractivity contribution in [2.45, 2.75) is 0 Å². The number of nitrogens with one attached hydrogen (secondary N) is 1. The summed E-state index contributed by atoms with van der Waals surface area (Å²) >= 11 is 0. The fourth-order valence-electron chi connectivity index (χ4n) is 1.42. The lowest BCUT2D eigenvalue weighted by molar-refractivity contribution is 0.411. The molecule has 0 fully saturated rings. The molecule has 88 valence electrons. The Kier molecular flexibility index (Phi) is 3.09. The van der Waals surface area contributed by atoms with Gasteiger partial charge >= 0.3 is 0 Å². The summed E-state index contributed by atoms with van der Waals surface area (Å²) < 4.78 is 18.2. The molecule has 0 amide bonds. The highest BCUT2D eigenvalue weighted by Gasteiger charge is 2.02. The summed E-state index contributed by atoms with van der Waals surface area (Å²) in [4.78, 5) is 4.07. The lowest BCUT2D eigenvalue weighted by atomic mass is 10.3. The second-order valence-electron chi connectivity index (χ2n) is 3.48. The van der Waals surface area contributed by atoms with Crippen LogP contribution in [0.3, 0.4) is 0 Å². The zero-order valence-corrected chi connectivity index (χ0v) is 9.27. The van der Waals surface area contributed by atoms with Crippen LogP contribution in [0.5, 0.6) is 5.75 Å². The Labute approximate surface area is 98.2 Å². The van der Waals surface area contributed by atoms with E-state index in [0.717, 1.165) is 0 Å². The molecule has 17 heavy (non-hydrogen) atoms. The third-order valence-corrected chi connectivity index (χ3v) is 2.16. The Hall–Kier alpha value is -2.30. The van der Waals surface area contributed by atoms with Crippen LogP contribution in [0.15, 0.2) is 36.5 Å². The summed E-state index contributed by atoms with van der Waals surface area (Å²) in [5, 5.41) is 2.95. The molecular weight excluding hydrogens is 221 g/mol. The SMILES string of the molecule is COc1cc(F)cc(Nc2cc(N)ccn2)c1. The minimum absolute atomic E-state index is 0.379. The van der Waals surface area contributed by atoms with E-state index < -0.39 is 0 Å². The van der Waals surface area contributed by atoms with Crippen LogP contribution in [0.1, 0.15) is 0 Å². The first-order chi connectivity index (χ1) is 8.17. The topological polar surface area (TPSA) is 60.2 Å². The van der Waals surface area contributed by atoms with Gasteiger partial charge in [0.15, 0.2) is 0 Å². The molecule has 0 unspecified atom stereocenters. The van der Waals surface area contributed by atoms with Crippen LogP contribution >= 0.6 is 0 Å². The summed E-state index contributed by atoms with van der Waals surface area (Å²) in [6, 6.07) is 7.67. The average molecular weight is 233 g/mol. The van der Waals surface area contributed by atoms with Crippen LogP contribution < -0.4 is 15.8 Å². The number of methoxy groups -OCH3 is 1. The minimum atomic E-state index is -0.379. The van der Waals surface area contributed by atoms with E-state index >= 15 is 0 Å². The Morgan fingerprint density at radius 3 is 2.82 bits per heavy atom. The van der Waals surface area contributed by atoms with Crippen LogP contribution in [-0.2, 0) is 0 Å². The summed E-state index contributed by atoms with van der Waals surface area (Å²) in [6.07, 6.45) is 1.58. The van der Waals surface area contributed by atoms with Gasteiger partial charge in [0.05, 0.1) is 7.11 Å². The Morgan fingerprint density at radius 2 is 2.12 bits per heavy atom. The average Bonchev–Trinajstić information content (AvgIpc) is 2.28. The number of aromatic nitrogens is 1. The molecule has 1 aromatic carbocycles. The van der Waals surface area contributed by atoms with Crippen molar-refractivity contribution in [3.8, 4) is 5.75 Å². The van der Waals surface area contributed by atoms with Gasteiger partial charge in [-0.2, -0.15) is 0 Å². The molecule has 0 saturated heterocycles. The molecule has 5 heteroatoms. The zero-order chi connectivity index (χ0) is 12.3. The highest BCUT2D eigenvalue weighted by Crippen LogP contribution is 2.22. The monoisotopic (exact) mass is 233 g/mol. The molecule has 1 aromatic heterocycles. The highest BCUT2D eigenvalue weighted by atomic mass is 19.1. The van der Waals surface area contributed by atoms with E-state index in [2.05, 4.69) is 10.3 Å². The Balaban J connectivity index is 2.26. The van der Waals surface area contributed by atoms with E-state index in [1.54, 1.807) is 24.4 Å². The van der Waals surface area contributed by atoms with E-state index in [1.165, 1.54) is 19.2 Å². The number of halogens is 1. The van der Waals surface area contributed by atoms with Crippen molar-refractivity contribution in [2.24, 2.45) is 0 Å². The van der Waals surface area contributed by atoms with E-state index in [0.29, 0.717) is 22.9 Å². The van der Waals surface area contributed by atoms with Crippen LogP contribution in [0.25, 0.3) is 0 Å². The van der Waals surface area contributed by atoms with Crippen LogP contribution in [0.2, 0.25) is 0 Å². The first-order valence-corrected chi connectivity index (χ1v) is 5.00. The van der Waals surface area contributed by atoms with Crippen molar-refractivity contribution in [2.75, 3.05) is 18.2 Å². The van der Waals surface area contributed by atoms with Gasteiger partial charge in [-0.05, 0) is 12.1 Å². The molecule has 0 saturated carbocycles. The van der Waals surface area contributed by atoms with E-state index in [1.807, 2.05) is 0 Å². The maximum Gasteiger partial charge on any atom is 0.132 e. The van der Waals surface area contributed by atoms with Crippen LogP contribution in [0.4, 0.5) is 21.6 Å². The molecule has 0 radical (unpaired) electrons. The van der Waals surface area contributed by atoms with Gasteiger partial charge in [-0.25, -0.2) is 9.37 Å². The predicted octanol–water partition coefficient (Wildman–Crippen LogP) is 2.56. The van der Waals surface area contributed by atoms with E-state index in [-0.39, 0.29) is 5.82 Å². The minimum Gasteiger partial charge on any atom is -0.497 e. The van der Waals surface area contributed by atoms with Crippen molar-refractivity contribution < 1.29 is 9.13 Å². The molecular formula is C12H12FN3O. The number of ether oxygens (including phenoxy) is 1. The van der Waals surface area contributed by atoms with Crippen molar-refractivity contribution in [1.82, 2.24) is 4.98 Å². The molecule has 1 heterocycles. The first-order valence-electron chi connectivity index (χ1n) is 5.00. The molecule has 0 bridgehead atoms. The first kappa shape index (κ1) is 11.2. The van der Waals surface area contributed by atoms with Gasteiger partial charge in [-0.1, -0.05) is 0 Å². The number of pyridine rings is 1. The normalized spacial score (nSPS) is 10.0. The van der Waals surface area contributed by atoms with Gasteiger partial charge in [-0.15, -0.1) is 0 Å². The molecule has 0 aliphatic heterocycles. The fraction of sp³-hybridized carbons (Fsp3) is 0.0833. The molecule has 4 nitrogen and oxygen atoms in total. The second kappa shape index (κ2) is 4.69. The van der Waals surface area contributed by atoms with Crippen LogP contribution in [0, 0.1) is 5.82 Å². The number of hydrogen-bond donors (Lipinski definition) is 2. The van der Waals surface area contributed by atoms with Crippen molar-refractivity contribution in [1.29, 1.82) is 0 Å². The molecule has 0 atom stereocenters. The van der Waals surface area contributed by atoms with E-state index in [9.17, 15) is 4.39 Å². The third-order valence-electron chi connectivity index (χ3n) is 2.16. The maximum absolute atomic E-state index is 13.2. The number of nitrogens with zero attached hydrogens (tertiary/aromatic N) is 1. The smallest absolute Gasteiger partial charge is 0.132 e.